The van der Waals surface area contributed by atoms with Crippen LogP contribution in [0.5, 0.6) is 5.75 Å². The minimum atomic E-state index is -1.37. The van der Waals surface area contributed by atoms with E-state index >= 15 is 0 Å². The first-order chi connectivity index (χ1) is 20.8. The van der Waals surface area contributed by atoms with E-state index in [0.29, 0.717) is 48.1 Å². The quantitative estimate of drug-likeness (QED) is 0.457. The smallest absolute Gasteiger partial charge is 0.253 e. The van der Waals surface area contributed by atoms with Crippen molar-refractivity contribution < 1.29 is 29.0 Å². The van der Waals surface area contributed by atoms with E-state index in [4.69, 9.17) is 21.1 Å². The van der Waals surface area contributed by atoms with Crippen molar-refractivity contribution in [2.45, 2.75) is 43.9 Å². The summed E-state index contributed by atoms with van der Waals surface area (Å²) in [5, 5.41) is 10.2. The van der Waals surface area contributed by atoms with Gasteiger partial charge in [0.05, 0.1) is 24.0 Å². The Bertz CT molecular complexity index is 1460. The first kappa shape index (κ1) is 29.4. The molecule has 2 aromatic rings. The number of ether oxygens (including phenoxy) is 2. The maximum atomic E-state index is 14.6. The summed E-state index contributed by atoms with van der Waals surface area (Å²) >= 11 is 6.12. The largest absolute Gasteiger partial charge is 0.494 e. The van der Waals surface area contributed by atoms with Crippen molar-refractivity contribution >= 4 is 40.7 Å². The van der Waals surface area contributed by atoms with E-state index in [1.54, 1.807) is 34.1 Å². The molecule has 43 heavy (non-hydrogen) atoms. The Kier molecular flexibility index (Phi) is 7.83. The lowest BCUT2D eigenvalue weighted by molar-refractivity contribution is -0.145. The van der Waals surface area contributed by atoms with Crippen LogP contribution in [0.25, 0.3) is 0 Å². The molecule has 0 aromatic heterocycles. The van der Waals surface area contributed by atoms with E-state index in [0.717, 1.165) is 0 Å². The number of likely N-dealkylation sites (tertiary alicyclic amines) is 1. The Morgan fingerprint density at radius 2 is 1.51 bits per heavy atom. The number of hydrogen-bond acceptors (Lipinski definition) is 6. The molecule has 1 N–H and O–H groups in total. The van der Waals surface area contributed by atoms with Crippen LogP contribution in [0.4, 0.5) is 11.4 Å². The van der Waals surface area contributed by atoms with Crippen LogP contribution in [0.3, 0.4) is 0 Å². The molecule has 226 valence electrons. The average Bonchev–Trinajstić information content (AvgIpc) is 3.29. The van der Waals surface area contributed by atoms with Crippen LogP contribution in [0.1, 0.15) is 26.7 Å². The summed E-state index contributed by atoms with van der Waals surface area (Å²) in [7, 11) is 0. The standard InChI is InChI=1S/C33H36ClN3O6/c1-3-32-16-5-18-35(24-12-14-25(15-13-24)42-4-2)29(39)26(32)27-30(40)37(20-7-21-38)28-31(41)36(19-6-17-33(27,28)43-32)23-10-8-22(34)9-11-23/h5-6,8-17,26-28,38H,3-4,7,18-21H2,1-2H3/t26-,27+,28?,32+,33+/m1/s1. The predicted molar refractivity (Wildman–Crippen MR) is 163 cm³/mol. The van der Waals surface area contributed by atoms with Gasteiger partial charge in [-0.3, -0.25) is 14.4 Å². The van der Waals surface area contributed by atoms with E-state index in [1.807, 2.05) is 62.4 Å². The number of fused-ring (bicyclic) bond motifs is 2. The number of halogens is 1. The number of carbonyl (C=O) groups excluding carboxylic acids is 3. The Labute approximate surface area is 256 Å². The van der Waals surface area contributed by atoms with Gasteiger partial charge in [0.2, 0.25) is 11.8 Å². The van der Waals surface area contributed by atoms with Crippen LogP contribution in [0.15, 0.2) is 72.8 Å². The van der Waals surface area contributed by atoms with E-state index in [1.165, 1.54) is 4.90 Å². The van der Waals surface area contributed by atoms with E-state index < -0.39 is 29.1 Å². The van der Waals surface area contributed by atoms with Gasteiger partial charge >= 0.3 is 0 Å². The zero-order valence-electron chi connectivity index (χ0n) is 24.3. The van der Waals surface area contributed by atoms with Gasteiger partial charge in [0.15, 0.2) is 0 Å². The maximum absolute atomic E-state index is 14.6. The van der Waals surface area contributed by atoms with E-state index in [9.17, 15) is 19.5 Å². The van der Waals surface area contributed by atoms with Crippen molar-refractivity contribution in [2.24, 2.45) is 11.8 Å². The number of benzene rings is 2. The molecule has 0 radical (unpaired) electrons. The van der Waals surface area contributed by atoms with Crippen LogP contribution in [-0.2, 0) is 19.1 Å². The third-order valence-corrected chi connectivity index (χ3v) is 9.35. The Morgan fingerprint density at radius 3 is 2.14 bits per heavy atom. The van der Waals surface area contributed by atoms with Gasteiger partial charge in [0.25, 0.3) is 5.91 Å². The average molecular weight is 606 g/mol. The molecule has 4 aliphatic heterocycles. The molecule has 1 unspecified atom stereocenters. The highest BCUT2D eigenvalue weighted by atomic mass is 35.5. The van der Waals surface area contributed by atoms with Crippen LogP contribution in [0.2, 0.25) is 5.02 Å². The molecule has 10 heteroatoms. The van der Waals surface area contributed by atoms with Gasteiger partial charge in [0, 0.05) is 42.6 Å². The summed E-state index contributed by atoms with van der Waals surface area (Å²) < 4.78 is 12.6. The number of aliphatic hydroxyl groups excluding tert-OH is 1. The summed E-state index contributed by atoms with van der Waals surface area (Å²) in [4.78, 5) is 48.4. The highest BCUT2D eigenvalue weighted by molar-refractivity contribution is 6.30. The van der Waals surface area contributed by atoms with Crippen LogP contribution < -0.4 is 14.5 Å². The summed E-state index contributed by atoms with van der Waals surface area (Å²) in [6.45, 7) is 4.99. The number of rotatable bonds is 8. The lowest BCUT2D eigenvalue weighted by Gasteiger charge is -2.38. The fraction of sp³-hybridized carbons (Fsp3) is 0.424. The van der Waals surface area contributed by atoms with Gasteiger partial charge in [-0.25, -0.2) is 0 Å². The van der Waals surface area contributed by atoms with Crippen molar-refractivity contribution in [1.29, 1.82) is 0 Å². The Morgan fingerprint density at radius 1 is 0.884 bits per heavy atom. The molecule has 4 aliphatic rings. The topological polar surface area (TPSA) is 99.6 Å². The van der Waals surface area contributed by atoms with Crippen molar-refractivity contribution in [3.63, 3.8) is 0 Å². The molecule has 0 aliphatic carbocycles. The molecule has 3 amide bonds. The van der Waals surface area contributed by atoms with Crippen molar-refractivity contribution in [3.05, 3.63) is 77.9 Å². The molecule has 2 saturated heterocycles. The zero-order valence-corrected chi connectivity index (χ0v) is 25.1. The second kappa shape index (κ2) is 11.4. The molecule has 4 heterocycles. The van der Waals surface area contributed by atoms with Crippen molar-refractivity contribution in [3.8, 4) is 5.75 Å². The predicted octanol–water partition coefficient (Wildman–Crippen LogP) is 3.99. The fourth-order valence-electron chi connectivity index (χ4n) is 7.21. The molecular formula is C33H36ClN3O6. The molecule has 2 aromatic carbocycles. The van der Waals surface area contributed by atoms with Gasteiger partial charge in [-0.2, -0.15) is 0 Å². The molecular weight excluding hydrogens is 570 g/mol. The lowest BCUT2D eigenvalue weighted by Crippen LogP contribution is -2.56. The number of anilines is 2. The highest BCUT2D eigenvalue weighted by Gasteiger charge is 2.75. The first-order valence-electron chi connectivity index (χ1n) is 14.9. The van der Waals surface area contributed by atoms with Gasteiger partial charge in [-0.1, -0.05) is 42.8 Å². The zero-order chi connectivity index (χ0) is 30.4. The minimum absolute atomic E-state index is 0.143. The first-order valence-corrected chi connectivity index (χ1v) is 15.3. The molecule has 1 spiro atoms. The number of hydrogen-bond donors (Lipinski definition) is 1. The van der Waals surface area contributed by atoms with Gasteiger partial charge in [-0.05, 0) is 68.3 Å². The van der Waals surface area contributed by atoms with E-state index in [2.05, 4.69) is 0 Å². The van der Waals surface area contributed by atoms with Crippen molar-refractivity contribution in [2.75, 3.05) is 42.6 Å². The van der Waals surface area contributed by atoms with Crippen LogP contribution in [0, 0.1) is 11.8 Å². The third-order valence-electron chi connectivity index (χ3n) is 9.09. The number of carbonyl (C=O) groups is 3. The van der Waals surface area contributed by atoms with Crippen LogP contribution >= 0.6 is 11.6 Å². The van der Waals surface area contributed by atoms with Gasteiger partial charge < -0.3 is 29.3 Å². The lowest BCUT2D eigenvalue weighted by atomic mass is 9.73. The molecule has 6 rings (SSSR count). The summed E-state index contributed by atoms with van der Waals surface area (Å²) in [6.07, 6.45) is 8.25. The second-order valence-electron chi connectivity index (χ2n) is 11.3. The molecule has 9 nitrogen and oxygen atoms in total. The van der Waals surface area contributed by atoms with E-state index in [-0.39, 0.29) is 37.4 Å². The monoisotopic (exact) mass is 605 g/mol. The number of amides is 3. The molecule has 5 atom stereocenters. The summed E-state index contributed by atoms with van der Waals surface area (Å²) in [5.41, 5.74) is -1.12. The SMILES string of the molecule is CCOc1ccc(N2CC=C[C@]3(CC)O[C@]45C=CCN(c6ccc(Cl)cc6)C(=O)C4N(CCCO)C(=O)[C@@H]5[C@@H]3C2=O)cc1. The summed E-state index contributed by atoms with van der Waals surface area (Å²) in [6, 6.07) is 13.3. The van der Waals surface area contributed by atoms with Crippen molar-refractivity contribution in [1.82, 2.24) is 4.90 Å². The molecule has 2 fully saturated rings. The van der Waals surface area contributed by atoms with Gasteiger partial charge in [0.1, 0.15) is 17.4 Å². The molecule has 0 bridgehead atoms. The van der Waals surface area contributed by atoms with Crippen LogP contribution in [-0.4, -0.2) is 77.8 Å². The minimum Gasteiger partial charge on any atom is -0.494 e. The summed E-state index contributed by atoms with van der Waals surface area (Å²) in [5.74, 6) is -1.93. The second-order valence-corrected chi connectivity index (χ2v) is 11.8. The number of aliphatic hydroxyl groups is 1. The highest BCUT2D eigenvalue weighted by Crippen LogP contribution is 2.58. The number of nitrogens with zero attached hydrogens (tertiary/aromatic N) is 3. The van der Waals surface area contributed by atoms with Gasteiger partial charge in [-0.15, -0.1) is 0 Å². The maximum Gasteiger partial charge on any atom is 0.253 e. The Hall–Kier alpha value is -3.66. The Balaban J connectivity index is 1.44. The third kappa shape index (κ3) is 4.65. The fourth-order valence-corrected chi connectivity index (χ4v) is 7.34. The normalized spacial score (nSPS) is 29.8. The molecule has 0 saturated carbocycles.